The van der Waals surface area contributed by atoms with E-state index in [1.165, 1.54) is 0 Å². The van der Waals surface area contributed by atoms with Crippen molar-refractivity contribution >= 4 is 11.9 Å². The van der Waals surface area contributed by atoms with Crippen LogP contribution in [0.4, 0.5) is 0 Å². The minimum atomic E-state index is -0.707. The number of amides is 1. The van der Waals surface area contributed by atoms with Crippen LogP contribution in [0.5, 0.6) is 0 Å². The summed E-state index contributed by atoms with van der Waals surface area (Å²) in [5.41, 5.74) is 0. The van der Waals surface area contributed by atoms with Crippen LogP contribution in [-0.4, -0.2) is 23.5 Å². The van der Waals surface area contributed by atoms with Crippen molar-refractivity contribution in [2.45, 2.75) is 65.2 Å². The summed E-state index contributed by atoms with van der Waals surface area (Å²) in [5, 5.41) is 12.2. The van der Waals surface area contributed by atoms with Crippen molar-refractivity contribution in [3.63, 3.8) is 0 Å². The Balaban J connectivity index is 2.43. The highest BCUT2D eigenvalue weighted by Gasteiger charge is 2.31. The second-order valence-corrected chi connectivity index (χ2v) is 5.98. The van der Waals surface area contributed by atoms with Crippen LogP contribution in [-0.2, 0) is 9.59 Å². The number of nitrogens with one attached hydrogen (secondary N) is 1. The molecule has 0 radical (unpaired) electrons. The summed E-state index contributed by atoms with van der Waals surface area (Å²) in [6.45, 7) is 4.70. The monoisotopic (exact) mass is 283 g/mol. The highest BCUT2D eigenvalue weighted by Crippen LogP contribution is 2.29. The molecule has 1 aliphatic carbocycles. The van der Waals surface area contributed by atoms with Gasteiger partial charge in [-0.2, -0.15) is 0 Å². The molecule has 1 rings (SSSR count). The van der Waals surface area contributed by atoms with Crippen LogP contribution in [0.2, 0.25) is 0 Å². The molecule has 4 heteroatoms. The first kappa shape index (κ1) is 17.0. The zero-order valence-electron chi connectivity index (χ0n) is 12.9. The zero-order chi connectivity index (χ0) is 15.0. The molecule has 0 aliphatic heterocycles. The third-order valence-electron chi connectivity index (χ3n) is 4.53. The Morgan fingerprint density at radius 2 is 1.95 bits per heavy atom. The maximum atomic E-state index is 12.1. The van der Waals surface area contributed by atoms with Crippen LogP contribution in [0, 0.1) is 17.8 Å². The van der Waals surface area contributed by atoms with Crippen molar-refractivity contribution in [2.75, 3.05) is 6.54 Å². The molecule has 0 aromatic carbocycles. The van der Waals surface area contributed by atoms with Crippen molar-refractivity contribution in [3.8, 4) is 0 Å². The van der Waals surface area contributed by atoms with Gasteiger partial charge < -0.3 is 10.4 Å². The average Bonchev–Trinajstić information content (AvgIpc) is 2.46. The fraction of sp³-hybridized carbons (Fsp3) is 0.875. The molecular formula is C16H29NO3. The third kappa shape index (κ3) is 5.14. The number of rotatable bonds is 8. The molecule has 0 bridgehead atoms. The number of carboxylic acid groups (broad SMARTS) is 1. The van der Waals surface area contributed by atoms with E-state index in [2.05, 4.69) is 12.2 Å². The van der Waals surface area contributed by atoms with Gasteiger partial charge in [-0.25, -0.2) is 0 Å². The quantitative estimate of drug-likeness (QED) is 0.719. The molecule has 0 saturated heterocycles. The van der Waals surface area contributed by atoms with Gasteiger partial charge in [-0.1, -0.05) is 39.5 Å². The topological polar surface area (TPSA) is 66.4 Å². The smallest absolute Gasteiger partial charge is 0.306 e. The van der Waals surface area contributed by atoms with Crippen LogP contribution in [0.1, 0.15) is 65.2 Å². The molecule has 1 amide bonds. The molecule has 3 atom stereocenters. The van der Waals surface area contributed by atoms with Crippen molar-refractivity contribution < 1.29 is 14.7 Å². The molecule has 0 aromatic rings. The van der Waals surface area contributed by atoms with Gasteiger partial charge in [-0.15, -0.1) is 0 Å². The number of hydrogen-bond donors (Lipinski definition) is 2. The van der Waals surface area contributed by atoms with E-state index in [9.17, 15) is 14.7 Å². The van der Waals surface area contributed by atoms with Crippen LogP contribution in [0.3, 0.4) is 0 Å². The fourth-order valence-electron chi connectivity index (χ4n) is 3.12. The van der Waals surface area contributed by atoms with Crippen LogP contribution >= 0.6 is 0 Å². The van der Waals surface area contributed by atoms with E-state index in [1.807, 2.05) is 6.92 Å². The molecule has 1 fully saturated rings. The van der Waals surface area contributed by atoms with Gasteiger partial charge in [-0.05, 0) is 31.6 Å². The number of aliphatic carboxylic acids is 1. The molecule has 2 N–H and O–H groups in total. The van der Waals surface area contributed by atoms with E-state index < -0.39 is 5.97 Å². The lowest BCUT2D eigenvalue weighted by molar-refractivity contribution is -0.145. The number of carbonyl (C=O) groups excluding carboxylic acids is 1. The normalized spacial score (nSPS) is 24.1. The van der Waals surface area contributed by atoms with Gasteiger partial charge in [0.2, 0.25) is 5.91 Å². The standard InChI is InChI=1S/C16H29NO3/c1-3-5-8-12(4-2)15(18)17-11-13-9-6-7-10-14(13)16(19)20/h12-14H,3-11H2,1-2H3,(H,17,18)(H,19,20). The van der Waals surface area contributed by atoms with E-state index in [-0.39, 0.29) is 23.7 Å². The summed E-state index contributed by atoms with van der Waals surface area (Å²) in [7, 11) is 0. The summed E-state index contributed by atoms with van der Waals surface area (Å²) >= 11 is 0. The molecule has 1 aliphatic rings. The maximum absolute atomic E-state index is 12.1. The van der Waals surface area contributed by atoms with Crippen LogP contribution in [0.25, 0.3) is 0 Å². The van der Waals surface area contributed by atoms with Crippen LogP contribution < -0.4 is 5.32 Å². The molecular weight excluding hydrogens is 254 g/mol. The van der Waals surface area contributed by atoms with Gasteiger partial charge >= 0.3 is 5.97 Å². The SMILES string of the molecule is CCCCC(CC)C(=O)NCC1CCCCC1C(=O)O. The number of unbranched alkanes of at least 4 members (excludes halogenated alkanes) is 1. The molecule has 3 unspecified atom stereocenters. The first-order valence-corrected chi connectivity index (χ1v) is 8.10. The van der Waals surface area contributed by atoms with Crippen molar-refractivity contribution in [1.29, 1.82) is 0 Å². The van der Waals surface area contributed by atoms with Gasteiger partial charge in [0.05, 0.1) is 5.92 Å². The molecule has 20 heavy (non-hydrogen) atoms. The largest absolute Gasteiger partial charge is 0.481 e. The summed E-state index contributed by atoms with van der Waals surface area (Å²) in [6.07, 6.45) is 7.73. The molecule has 0 spiro atoms. The van der Waals surface area contributed by atoms with E-state index in [0.29, 0.717) is 6.54 Å². The highest BCUT2D eigenvalue weighted by molar-refractivity contribution is 5.78. The summed E-state index contributed by atoms with van der Waals surface area (Å²) in [5.74, 6) is -0.687. The van der Waals surface area contributed by atoms with E-state index >= 15 is 0 Å². The van der Waals surface area contributed by atoms with Crippen molar-refractivity contribution in [2.24, 2.45) is 17.8 Å². The van der Waals surface area contributed by atoms with Crippen LogP contribution in [0.15, 0.2) is 0 Å². The van der Waals surface area contributed by atoms with E-state index in [0.717, 1.165) is 51.4 Å². The fourth-order valence-corrected chi connectivity index (χ4v) is 3.12. The number of carbonyl (C=O) groups is 2. The van der Waals surface area contributed by atoms with Crippen molar-refractivity contribution in [1.82, 2.24) is 5.32 Å². The van der Waals surface area contributed by atoms with Gasteiger partial charge in [0.15, 0.2) is 0 Å². The van der Waals surface area contributed by atoms with Gasteiger partial charge in [0.25, 0.3) is 0 Å². The second kappa shape index (κ2) is 8.98. The molecule has 116 valence electrons. The number of hydrogen-bond acceptors (Lipinski definition) is 2. The lowest BCUT2D eigenvalue weighted by Gasteiger charge is -2.29. The summed E-state index contributed by atoms with van der Waals surface area (Å²) < 4.78 is 0. The van der Waals surface area contributed by atoms with Gasteiger partial charge in [0.1, 0.15) is 0 Å². The van der Waals surface area contributed by atoms with E-state index in [4.69, 9.17) is 0 Å². The minimum absolute atomic E-state index is 0.0850. The predicted molar refractivity (Wildman–Crippen MR) is 79.4 cm³/mol. The molecule has 4 nitrogen and oxygen atoms in total. The molecule has 1 saturated carbocycles. The average molecular weight is 283 g/mol. The lowest BCUT2D eigenvalue weighted by Crippen LogP contribution is -2.39. The Labute approximate surface area is 122 Å². The summed E-state index contributed by atoms with van der Waals surface area (Å²) in [4.78, 5) is 23.4. The lowest BCUT2D eigenvalue weighted by atomic mass is 9.79. The Morgan fingerprint density at radius 1 is 1.25 bits per heavy atom. The highest BCUT2D eigenvalue weighted by atomic mass is 16.4. The zero-order valence-corrected chi connectivity index (χ0v) is 12.9. The van der Waals surface area contributed by atoms with E-state index in [1.54, 1.807) is 0 Å². The van der Waals surface area contributed by atoms with Crippen molar-refractivity contribution in [3.05, 3.63) is 0 Å². The first-order valence-electron chi connectivity index (χ1n) is 8.10. The third-order valence-corrected chi connectivity index (χ3v) is 4.53. The number of carboxylic acids is 1. The Kier molecular flexibility index (Phi) is 7.63. The van der Waals surface area contributed by atoms with Gasteiger partial charge in [0, 0.05) is 12.5 Å². The molecule has 0 heterocycles. The molecule has 0 aromatic heterocycles. The predicted octanol–water partition coefficient (Wildman–Crippen LogP) is 3.21. The minimum Gasteiger partial charge on any atom is -0.481 e. The maximum Gasteiger partial charge on any atom is 0.306 e. The van der Waals surface area contributed by atoms with Gasteiger partial charge in [-0.3, -0.25) is 9.59 Å². The Hall–Kier alpha value is -1.06. The second-order valence-electron chi connectivity index (χ2n) is 5.98. The first-order chi connectivity index (χ1) is 9.60. The summed E-state index contributed by atoms with van der Waals surface area (Å²) in [6, 6.07) is 0. The Morgan fingerprint density at radius 3 is 2.55 bits per heavy atom. The Bertz CT molecular complexity index is 317.